The van der Waals surface area contributed by atoms with Gasteiger partial charge in [0.05, 0.1) is 19.3 Å². The third-order valence-electron chi connectivity index (χ3n) is 3.29. The Morgan fingerprint density at radius 3 is 2.75 bits per heavy atom. The van der Waals surface area contributed by atoms with Gasteiger partial charge < -0.3 is 15.4 Å². The second kappa shape index (κ2) is 5.04. The number of guanidine groups is 1. The normalized spacial score (nSPS) is 30.9. The zero-order valence-corrected chi connectivity index (χ0v) is 10.4. The maximum atomic E-state index is 6.00. The van der Waals surface area contributed by atoms with Crippen LogP contribution in [0.5, 0.6) is 0 Å². The molecule has 4 nitrogen and oxygen atoms in total. The Labute approximate surface area is 97.9 Å². The van der Waals surface area contributed by atoms with Crippen molar-refractivity contribution < 1.29 is 4.74 Å². The number of aliphatic imine (C=N–C) groups is 1. The molecule has 0 radical (unpaired) electrons. The van der Waals surface area contributed by atoms with Gasteiger partial charge in [-0.25, -0.2) is 4.99 Å². The highest BCUT2D eigenvalue weighted by atomic mass is 16.5. The van der Waals surface area contributed by atoms with E-state index in [0.717, 1.165) is 44.1 Å². The molecule has 0 amide bonds. The summed E-state index contributed by atoms with van der Waals surface area (Å²) in [6.07, 6.45) is 2.51. The van der Waals surface area contributed by atoms with Gasteiger partial charge in [-0.1, -0.05) is 13.8 Å². The Balaban J connectivity index is 1.79. The number of nitrogens with two attached hydrogens (primary N) is 1. The molecule has 92 valence electrons. The monoisotopic (exact) mass is 225 g/mol. The van der Waals surface area contributed by atoms with Gasteiger partial charge in [0.2, 0.25) is 0 Å². The van der Waals surface area contributed by atoms with E-state index in [4.69, 9.17) is 10.5 Å². The highest BCUT2D eigenvalue weighted by Gasteiger charge is 2.37. The van der Waals surface area contributed by atoms with Crippen LogP contribution in [-0.4, -0.2) is 43.2 Å². The lowest BCUT2D eigenvalue weighted by Gasteiger charge is -2.27. The van der Waals surface area contributed by atoms with Crippen LogP contribution in [0.2, 0.25) is 0 Å². The van der Waals surface area contributed by atoms with Gasteiger partial charge in [0.1, 0.15) is 0 Å². The van der Waals surface area contributed by atoms with Gasteiger partial charge in [-0.15, -0.1) is 0 Å². The first-order chi connectivity index (χ1) is 7.66. The summed E-state index contributed by atoms with van der Waals surface area (Å²) in [6, 6.07) is 0.491. The Morgan fingerprint density at radius 2 is 2.12 bits per heavy atom. The van der Waals surface area contributed by atoms with Crippen molar-refractivity contribution >= 4 is 5.96 Å². The highest BCUT2D eigenvalue weighted by molar-refractivity contribution is 5.78. The van der Waals surface area contributed by atoms with E-state index < -0.39 is 0 Å². The van der Waals surface area contributed by atoms with Crippen molar-refractivity contribution in [2.24, 2.45) is 22.6 Å². The first-order valence-corrected chi connectivity index (χ1v) is 6.32. The Hall–Kier alpha value is -0.770. The number of nitrogens with zero attached hydrogens (tertiary/aromatic N) is 2. The summed E-state index contributed by atoms with van der Waals surface area (Å²) < 4.78 is 5.29. The molecule has 2 fully saturated rings. The topological polar surface area (TPSA) is 50.8 Å². The molecule has 0 unspecified atom stereocenters. The second-order valence-corrected chi connectivity index (χ2v) is 5.28. The third-order valence-corrected chi connectivity index (χ3v) is 3.29. The van der Waals surface area contributed by atoms with E-state index in [9.17, 15) is 0 Å². The average Bonchev–Trinajstić information content (AvgIpc) is 2.96. The molecule has 2 aliphatic rings. The third kappa shape index (κ3) is 3.11. The fourth-order valence-corrected chi connectivity index (χ4v) is 2.29. The van der Waals surface area contributed by atoms with Crippen LogP contribution < -0.4 is 5.73 Å². The van der Waals surface area contributed by atoms with Gasteiger partial charge in [0.25, 0.3) is 0 Å². The van der Waals surface area contributed by atoms with Crippen molar-refractivity contribution in [2.75, 3.05) is 26.3 Å². The van der Waals surface area contributed by atoms with E-state index in [2.05, 4.69) is 23.7 Å². The summed E-state index contributed by atoms with van der Waals surface area (Å²) in [7, 11) is 0. The summed E-state index contributed by atoms with van der Waals surface area (Å²) in [5, 5.41) is 0. The molecule has 1 saturated carbocycles. The molecule has 1 saturated heterocycles. The minimum absolute atomic E-state index is 0.491. The molecule has 1 aliphatic heterocycles. The molecule has 2 rings (SSSR count). The molecule has 1 heterocycles. The lowest BCUT2D eigenvalue weighted by atomic mass is 10.1. The molecule has 0 aromatic rings. The fourth-order valence-electron chi connectivity index (χ4n) is 2.29. The fraction of sp³-hybridized carbons (Fsp3) is 0.917. The van der Waals surface area contributed by atoms with Gasteiger partial charge in [0.15, 0.2) is 5.96 Å². The van der Waals surface area contributed by atoms with Crippen molar-refractivity contribution in [3.8, 4) is 0 Å². The number of hydrogen-bond acceptors (Lipinski definition) is 2. The molecular weight excluding hydrogens is 202 g/mol. The maximum absolute atomic E-state index is 6.00. The van der Waals surface area contributed by atoms with E-state index in [1.54, 1.807) is 0 Å². The predicted octanol–water partition coefficient (Wildman–Crippen LogP) is 1.07. The van der Waals surface area contributed by atoms with Crippen molar-refractivity contribution in [3.05, 3.63) is 0 Å². The number of morpholine rings is 1. The number of rotatable bonds is 3. The molecule has 1 aliphatic carbocycles. The quantitative estimate of drug-likeness (QED) is 0.577. The first-order valence-electron chi connectivity index (χ1n) is 6.32. The Morgan fingerprint density at radius 1 is 1.44 bits per heavy atom. The number of ether oxygens (including phenoxy) is 1. The minimum atomic E-state index is 0.491. The molecule has 2 N–H and O–H groups in total. The van der Waals surface area contributed by atoms with Gasteiger partial charge >= 0.3 is 0 Å². The first kappa shape index (κ1) is 11.7. The van der Waals surface area contributed by atoms with E-state index in [1.807, 2.05) is 0 Å². The zero-order valence-electron chi connectivity index (χ0n) is 10.4. The summed E-state index contributed by atoms with van der Waals surface area (Å²) in [6.45, 7) is 7.86. The van der Waals surface area contributed by atoms with Gasteiger partial charge in [0, 0.05) is 13.1 Å². The molecule has 0 spiro atoms. The Bertz CT molecular complexity index is 259. The van der Waals surface area contributed by atoms with Gasteiger partial charge in [-0.05, 0) is 24.7 Å². The number of hydrogen-bond donors (Lipinski definition) is 1. The molecule has 2 atom stereocenters. The smallest absolute Gasteiger partial charge is 0.191 e. The van der Waals surface area contributed by atoms with Crippen LogP contribution in [0.3, 0.4) is 0 Å². The molecule has 0 aromatic carbocycles. The van der Waals surface area contributed by atoms with Gasteiger partial charge in [-0.2, -0.15) is 0 Å². The largest absolute Gasteiger partial charge is 0.378 e. The molecule has 16 heavy (non-hydrogen) atoms. The van der Waals surface area contributed by atoms with E-state index in [0.29, 0.717) is 6.04 Å². The summed E-state index contributed by atoms with van der Waals surface area (Å²) in [5.74, 6) is 2.27. The van der Waals surface area contributed by atoms with E-state index >= 15 is 0 Å². The van der Waals surface area contributed by atoms with Crippen molar-refractivity contribution in [2.45, 2.75) is 32.7 Å². The van der Waals surface area contributed by atoms with Crippen LogP contribution in [-0.2, 0) is 4.74 Å². The average molecular weight is 225 g/mol. The Kier molecular flexibility index (Phi) is 3.69. The zero-order chi connectivity index (χ0) is 11.5. The van der Waals surface area contributed by atoms with Crippen LogP contribution in [0.25, 0.3) is 0 Å². The maximum Gasteiger partial charge on any atom is 0.191 e. The van der Waals surface area contributed by atoms with Crippen molar-refractivity contribution in [3.63, 3.8) is 0 Å². The summed E-state index contributed by atoms with van der Waals surface area (Å²) in [5.41, 5.74) is 6.00. The molecule has 4 heteroatoms. The SMILES string of the molecule is CC(C)C[C@@H]1C[C@H]1N=C(N)N1CCOCC1. The molecule has 0 aromatic heterocycles. The van der Waals surface area contributed by atoms with E-state index in [1.165, 1.54) is 12.8 Å². The van der Waals surface area contributed by atoms with Crippen LogP contribution in [0, 0.1) is 11.8 Å². The minimum Gasteiger partial charge on any atom is -0.378 e. The van der Waals surface area contributed by atoms with Gasteiger partial charge in [-0.3, -0.25) is 0 Å². The van der Waals surface area contributed by atoms with Crippen LogP contribution in [0.4, 0.5) is 0 Å². The highest BCUT2D eigenvalue weighted by Crippen LogP contribution is 2.39. The van der Waals surface area contributed by atoms with Crippen LogP contribution in [0.1, 0.15) is 26.7 Å². The predicted molar refractivity (Wildman–Crippen MR) is 65.4 cm³/mol. The second-order valence-electron chi connectivity index (χ2n) is 5.28. The lowest BCUT2D eigenvalue weighted by molar-refractivity contribution is 0.0674. The summed E-state index contributed by atoms with van der Waals surface area (Å²) in [4.78, 5) is 6.74. The molecular formula is C12H23N3O. The lowest BCUT2D eigenvalue weighted by Crippen LogP contribution is -2.45. The van der Waals surface area contributed by atoms with Crippen LogP contribution >= 0.6 is 0 Å². The standard InChI is InChI=1S/C12H23N3O/c1-9(2)7-10-8-11(10)14-12(13)15-3-5-16-6-4-15/h9-11H,3-8H2,1-2H3,(H2,13,14)/t10-,11-/m1/s1. The van der Waals surface area contributed by atoms with Crippen molar-refractivity contribution in [1.82, 2.24) is 4.90 Å². The van der Waals surface area contributed by atoms with Crippen molar-refractivity contribution in [1.29, 1.82) is 0 Å². The molecule has 0 bridgehead atoms. The summed E-state index contributed by atoms with van der Waals surface area (Å²) >= 11 is 0. The van der Waals surface area contributed by atoms with Crippen LogP contribution in [0.15, 0.2) is 4.99 Å². The van der Waals surface area contributed by atoms with E-state index in [-0.39, 0.29) is 0 Å².